The van der Waals surface area contributed by atoms with Crippen molar-refractivity contribution in [2.45, 2.75) is 39.0 Å². The number of esters is 1. The lowest BCUT2D eigenvalue weighted by atomic mass is 10.1. The highest BCUT2D eigenvalue weighted by atomic mass is 16.5. The Bertz CT molecular complexity index is 402. The summed E-state index contributed by atoms with van der Waals surface area (Å²) >= 11 is 0. The summed E-state index contributed by atoms with van der Waals surface area (Å²) in [5, 5.41) is 0. The maximum Gasteiger partial charge on any atom is 0.331 e. The number of carbonyl (C=O) groups excluding carboxylic acids is 1. The van der Waals surface area contributed by atoms with Gasteiger partial charge < -0.3 is 9.47 Å². The first-order chi connectivity index (χ1) is 9.81. The lowest BCUT2D eigenvalue weighted by molar-refractivity contribution is -0.136. The van der Waals surface area contributed by atoms with E-state index >= 15 is 0 Å². The summed E-state index contributed by atoms with van der Waals surface area (Å²) < 4.78 is 9.73. The van der Waals surface area contributed by atoms with Crippen LogP contribution in [0.4, 0.5) is 0 Å². The van der Waals surface area contributed by atoms with Crippen LogP contribution in [0.5, 0.6) is 0 Å². The molecule has 0 saturated carbocycles. The van der Waals surface area contributed by atoms with Crippen molar-refractivity contribution in [1.29, 1.82) is 0 Å². The standard InChI is InChI=1S/C17H22O3/c1-3-14-19-16-12-10-8-6-5-7-9-11-13-17(18)20-15-4-2/h2,7,9,11,13H,5-6,8,10,12,15-16H2,1H3. The highest BCUT2D eigenvalue weighted by Gasteiger charge is 1.91. The van der Waals surface area contributed by atoms with Gasteiger partial charge in [-0.25, -0.2) is 4.79 Å². The van der Waals surface area contributed by atoms with Crippen LogP contribution in [0.25, 0.3) is 0 Å². The quantitative estimate of drug-likeness (QED) is 0.202. The number of terminal acetylenes is 1. The molecule has 0 heterocycles. The molecule has 0 unspecified atom stereocenters. The van der Waals surface area contributed by atoms with E-state index in [0.29, 0.717) is 6.61 Å². The van der Waals surface area contributed by atoms with Gasteiger partial charge in [0.25, 0.3) is 0 Å². The van der Waals surface area contributed by atoms with E-state index in [0.717, 1.165) is 25.7 Å². The number of unbranched alkanes of at least 4 members (excludes halogenated alkanes) is 4. The van der Waals surface area contributed by atoms with Crippen LogP contribution in [-0.2, 0) is 14.3 Å². The number of hydrogen-bond donors (Lipinski definition) is 0. The second-order valence-electron chi connectivity index (χ2n) is 4.00. The van der Waals surface area contributed by atoms with Crippen molar-refractivity contribution in [3.63, 3.8) is 0 Å². The lowest BCUT2D eigenvalue weighted by Crippen LogP contribution is -1.99. The summed E-state index contributed by atoms with van der Waals surface area (Å²) in [4.78, 5) is 11.0. The molecule has 108 valence electrons. The average molecular weight is 274 g/mol. The fourth-order valence-electron chi connectivity index (χ4n) is 1.38. The fraction of sp³-hybridized carbons (Fsp3) is 0.471. The molecule has 0 aromatic heterocycles. The van der Waals surface area contributed by atoms with Crippen LogP contribution in [0.1, 0.15) is 39.0 Å². The van der Waals surface area contributed by atoms with Crippen LogP contribution in [0.3, 0.4) is 0 Å². The smallest absolute Gasteiger partial charge is 0.331 e. The molecule has 0 fully saturated rings. The molecule has 0 saturated heterocycles. The van der Waals surface area contributed by atoms with Crippen LogP contribution >= 0.6 is 0 Å². The van der Waals surface area contributed by atoms with Crippen molar-refractivity contribution in [2.75, 3.05) is 13.2 Å². The Balaban J connectivity index is 3.39. The van der Waals surface area contributed by atoms with Gasteiger partial charge in [0, 0.05) is 13.0 Å². The van der Waals surface area contributed by atoms with Gasteiger partial charge in [-0.1, -0.05) is 42.9 Å². The van der Waals surface area contributed by atoms with E-state index in [9.17, 15) is 4.79 Å². The first-order valence-corrected chi connectivity index (χ1v) is 6.78. The SMILES string of the molecule is C#CCOC(=O)C=CC=CCCCCCCOC#CC. The van der Waals surface area contributed by atoms with E-state index in [4.69, 9.17) is 11.2 Å². The van der Waals surface area contributed by atoms with Crippen molar-refractivity contribution < 1.29 is 14.3 Å². The minimum atomic E-state index is -0.414. The van der Waals surface area contributed by atoms with Gasteiger partial charge in [-0.05, 0) is 19.3 Å². The number of rotatable bonds is 10. The highest BCUT2D eigenvalue weighted by molar-refractivity contribution is 5.82. The molecule has 0 aromatic carbocycles. The van der Waals surface area contributed by atoms with E-state index in [2.05, 4.69) is 22.7 Å². The Kier molecular flexibility index (Phi) is 13.3. The zero-order valence-corrected chi connectivity index (χ0v) is 12.1. The molecule has 0 bridgehead atoms. The van der Waals surface area contributed by atoms with E-state index in [1.807, 2.05) is 12.2 Å². The van der Waals surface area contributed by atoms with Crippen molar-refractivity contribution >= 4 is 5.97 Å². The van der Waals surface area contributed by atoms with Crippen molar-refractivity contribution in [3.05, 3.63) is 24.3 Å². The first-order valence-electron chi connectivity index (χ1n) is 6.78. The topological polar surface area (TPSA) is 35.5 Å². The van der Waals surface area contributed by atoms with Crippen molar-refractivity contribution in [3.8, 4) is 24.4 Å². The molecule has 0 aliphatic heterocycles. The molecule has 0 atom stereocenters. The van der Waals surface area contributed by atoms with Gasteiger partial charge in [-0.15, -0.1) is 6.42 Å². The summed E-state index contributed by atoms with van der Waals surface area (Å²) in [7, 11) is 0. The minimum Gasteiger partial charge on any atom is -0.449 e. The number of carbonyl (C=O) groups is 1. The second-order valence-corrected chi connectivity index (χ2v) is 4.00. The Morgan fingerprint density at radius 3 is 2.75 bits per heavy atom. The lowest BCUT2D eigenvalue weighted by Gasteiger charge is -1.98. The average Bonchev–Trinajstić information content (AvgIpc) is 2.46. The van der Waals surface area contributed by atoms with Crippen molar-refractivity contribution in [2.24, 2.45) is 0 Å². The molecule has 0 aromatic rings. The molecule has 0 aliphatic carbocycles. The van der Waals surface area contributed by atoms with E-state index in [1.165, 1.54) is 12.5 Å². The third-order valence-electron chi connectivity index (χ3n) is 2.32. The van der Waals surface area contributed by atoms with Gasteiger partial charge in [0.1, 0.15) is 12.7 Å². The van der Waals surface area contributed by atoms with Crippen LogP contribution in [0.2, 0.25) is 0 Å². The van der Waals surface area contributed by atoms with Gasteiger partial charge in [0.15, 0.2) is 6.61 Å². The first kappa shape index (κ1) is 17.9. The molecule has 3 heteroatoms. The van der Waals surface area contributed by atoms with E-state index < -0.39 is 5.97 Å². The maximum absolute atomic E-state index is 11.0. The maximum atomic E-state index is 11.0. The number of allylic oxidation sites excluding steroid dienone is 3. The predicted octanol–water partition coefficient (Wildman–Crippen LogP) is 3.22. The molecule has 0 N–H and O–H groups in total. The fourth-order valence-corrected chi connectivity index (χ4v) is 1.38. The highest BCUT2D eigenvalue weighted by Crippen LogP contribution is 2.03. The molecule has 0 rings (SSSR count). The third kappa shape index (κ3) is 13.9. The second kappa shape index (κ2) is 14.9. The normalized spacial score (nSPS) is 10.0. The van der Waals surface area contributed by atoms with Crippen LogP contribution < -0.4 is 0 Å². The van der Waals surface area contributed by atoms with Crippen LogP contribution in [0.15, 0.2) is 24.3 Å². The van der Waals surface area contributed by atoms with Gasteiger partial charge in [-0.3, -0.25) is 0 Å². The van der Waals surface area contributed by atoms with Gasteiger partial charge in [0.2, 0.25) is 0 Å². The Morgan fingerprint density at radius 1 is 1.20 bits per heavy atom. The molecule has 0 amide bonds. The third-order valence-corrected chi connectivity index (χ3v) is 2.32. The van der Waals surface area contributed by atoms with Gasteiger partial charge in [0.05, 0.1) is 0 Å². The Hall–Kier alpha value is -2.13. The molecular formula is C17H22O3. The van der Waals surface area contributed by atoms with Crippen LogP contribution in [0, 0.1) is 24.4 Å². The van der Waals surface area contributed by atoms with Gasteiger partial charge >= 0.3 is 5.97 Å². The minimum absolute atomic E-state index is 0.0143. The molecule has 0 spiro atoms. The molecule has 20 heavy (non-hydrogen) atoms. The van der Waals surface area contributed by atoms with E-state index in [1.54, 1.807) is 13.0 Å². The monoisotopic (exact) mass is 274 g/mol. The van der Waals surface area contributed by atoms with Gasteiger partial charge in [-0.2, -0.15) is 0 Å². The summed E-state index contributed by atoms with van der Waals surface area (Å²) in [5.41, 5.74) is 0. The zero-order chi connectivity index (χ0) is 14.9. The van der Waals surface area contributed by atoms with E-state index in [-0.39, 0.29) is 6.61 Å². The molecule has 3 nitrogen and oxygen atoms in total. The zero-order valence-electron chi connectivity index (χ0n) is 12.1. The summed E-state index contributed by atoms with van der Waals surface area (Å²) in [6.45, 7) is 2.48. The predicted molar refractivity (Wildman–Crippen MR) is 80.6 cm³/mol. The summed E-state index contributed by atoms with van der Waals surface area (Å²) in [6, 6.07) is 0. The number of hydrogen-bond acceptors (Lipinski definition) is 3. The molecular weight excluding hydrogens is 252 g/mol. The largest absolute Gasteiger partial charge is 0.449 e. The molecule has 0 aliphatic rings. The summed E-state index contributed by atoms with van der Waals surface area (Å²) in [6.07, 6.45) is 19.9. The molecule has 0 radical (unpaired) electrons. The Labute approximate surface area is 122 Å². The van der Waals surface area contributed by atoms with Crippen molar-refractivity contribution in [1.82, 2.24) is 0 Å². The summed E-state index contributed by atoms with van der Waals surface area (Å²) in [5.74, 6) is 4.51. The Morgan fingerprint density at radius 2 is 2.00 bits per heavy atom. The van der Waals surface area contributed by atoms with Crippen LogP contribution in [-0.4, -0.2) is 19.2 Å². The number of ether oxygens (including phenoxy) is 2.